The van der Waals surface area contributed by atoms with E-state index in [-0.39, 0.29) is 12.2 Å². The quantitative estimate of drug-likeness (QED) is 0.738. The zero-order chi connectivity index (χ0) is 12.1. The molecule has 2 N–H and O–H groups in total. The zero-order valence-corrected chi connectivity index (χ0v) is 8.90. The second kappa shape index (κ2) is 5.16. The molecule has 1 unspecified atom stereocenters. The van der Waals surface area contributed by atoms with Gasteiger partial charge in [-0.05, 0) is 25.5 Å². The molecule has 1 rings (SSSR count). The van der Waals surface area contributed by atoms with Gasteiger partial charge in [0.25, 0.3) is 5.91 Å². The minimum Gasteiger partial charge on any atom is -0.480 e. The number of hydrogen-bond donors (Lipinski definition) is 2. The van der Waals surface area contributed by atoms with E-state index < -0.39 is 17.9 Å². The third-order valence-corrected chi connectivity index (χ3v) is 1.97. The van der Waals surface area contributed by atoms with Gasteiger partial charge in [0.2, 0.25) is 0 Å². The van der Waals surface area contributed by atoms with Crippen molar-refractivity contribution in [3.05, 3.63) is 36.3 Å². The number of carbonyl (C=O) groups excluding carboxylic acids is 1. The van der Waals surface area contributed by atoms with Crippen LogP contribution in [-0.2, 0) is 4.79 Å². The van der Waals surface area contributed by atoms with E-state index in [4.69, 9.17) is 9.52 Å². The minimum atomic E-state index is -1.10. The molecule has 0 saturated carbocycles. The van der Waals surface area contributed by atoms with E-state index >= 15 is 0 Å². The lowest BCUT2D eigenvalue weighted by Crippen LogP contribution is -2.40. The van der Waals surface area contributed by atoms with E-state index in [1.54, 1.807) is 13.0 Å². The molecule has 0 aliphatic heterocycles. The second-order valence-electron chi connectivity index (χ2n) is 3.30. The van der Waals surface area contributed by atoms with E-state index in [2.05, 4.69) is 11.9 Å². The van der Waals surface area contributed by atoms with Crippen LogP contribution < -0.4 is 5.32 Å². The number of rotatable bonds is 5. The summed E-state index contributed by atoms with van der Waals surface area (Å²) in [5, 5.41) is 11.2. The number of aryl methyl sites for hydroxylation is 1. The van der Waals surface area contributed by atoms with E-state index in [0.29, 0.717) is 5.76 Å². The van der Waals surface area contributed by atoms with Gasteiger partial charge in [-0.25, -0.2) is 4.79 Å². The lowest BCUT2D eigenvalue weighted by molar-refractivity contribution is -0.139. The Morgan fingerprint density at radius 3 is 2.75 bits per heavy atom. The van der Waals surface area contributed by atoms with Crippen molar-refractivity contribution >= 4 is 11.9 Å². The third kappa shape index (κ3) is 2.98. The van der Waals surface area contributed by atoms with E-state index in [0.717, 1.165) is 0 Å². The normalized spacial score (nSPS) is 11.8. The molecule has 0 aliphatic carbocycles. The van der Waals surface area contributed by atoms with Crippen molar-refractivity contribution < 1.29 is 19.1 Å². The van der Waals surface area contributed by atoms with Gasteiger partial charge >= 0.3 is 5.97 Å². The van der Waals surface area contributed by atoms with Crippen molar-refractivity contribution in [1.82, 2.24) is 5.32 Å². The van der Waals surface area contributed by atoms with Crippen LogP contribution in [0.3, 0.4) is 0 Å². The van der Waals surface area contributed by atoms with Crippen molar-refractivity contribution in [3.63, 3.8) is 0 Å². The van der Waals surface area contributed by atoms with Crippen LogP contribution in [-0.4, -0.2) is 23.0 Å². The molecular weight excluding hydrogens is 210 g/mol. The molecule has 1 aromatic rings. The first-order valence-corrected chi connectivity index (χ1v) is 4.75. The fourth-order valence-corrected chi connectivity index (χ4v) is 1.17. The molecule has 16 heavy (non-hydrogen) atoms. The van der Waals surface area contributed by atoms with Crippen molar-refractivity contribution in [1.29, 1.82) is 0 Å². The molecule has 5 nitrogen and oxygen atoms in total. The Bertz CT molecular complexity index is 408. The predicted molar refractivity (Wildman–Crippen MR) is 57.1 cm³/mol. The van der Waals surface area contributed by atoms with E-state index in [1.165, 1.54) is 12.1 Å². The van der Waals surface area contributed by atoms with Crippen molar-refractivity contribution in [2.45, 2.75) is 19.4 Å². The van der Waals surface area contributed by atoms with Gasteiger partial charge in [-0.3, -0.25) is 4.79 Å². The Balaban J connectivity index is 2.68. The van der Waals surface area contributed by atoms with Crippen molar-refractivity contribution in [2.24, 2.45) is 0 Å². The van der Waals surface area contributed by atoms with Gasteiger partial charge in [-0.1, -0.05) is 6.08 Å². The highest BCUT2D eigenvalue weighted by Gasteiger charge is 2.20. The summed E-state index contributed by atoms with van der Waals surface area (Å²) in [7, 11) is 0. The number of nitrogens with one attached hydrogen (secondary N) is 1. The monoisotopic (exact) mass is 223 g/mol. The highest BCUT2D eigenvalue weighted by molar-refractivity contribution is 5.94. The Labute approximate surface area is 92.8 Å². The molecule has 1 aromatic heterocycles. The molecule has 0 radical (unpaired) electrons. The highest BCUT2D eigenvalue weighted by Crippen LogP contribution is 2.06. The van der Waals surface area contributed by atoms with Crippen LogP contribution in [0, 0.1) is 6.92 Å². The van der Waals surface area contributed by atoms with E-state index in [1.807, 2.05) is 0 Å². The summed E-state index contributed by atoms with van der Waals surface area (Å²) in [6.45, 7) is 5.13. The molecule has 0 saturated heterocycles. The summed E-state index contributed by atoms with van der Waals surface area (Å²) in [5.74, 6) is -0.938. The van der Waals surface area contributed by atoms with E-state index in [9.17, 15) is 9.59 Å². The molecule has 5 heteroatoms. The molecule has 0 spiro atoms. The summed E-state index contributed by atoms with van der Waals surface area (Å²) >= 11 is 0. The number of carbonyl (C=O) groups is 2. The average Bonchev–Trinajstić information content (AvgIpc) is 2.64. The van der Waals surface area contributed by atoms with Crippen LogP contribution in [0.25, 0.3) is 0 Å². The van der Waals surface area contributed by atoms with Gasteiger partial charge in [0.05, 0.1) is 0 Å². The largest absolute Gasteiger partial charge is 0.480 e. The molecular formula is C11H13NO4. The molecule has 0 aromatic carbocycles. The van der Waals surface area contributed by atoms with Crippen LogP contribution in [0.15, 0.2) is 29.2 Å². The number of aliphatic carboxylic acids is 1. The average molecular weight is 223 g/mol. The fourth-order valence-electron chi connectivity index (χ4n) is 1.17. The Kier molecular flexibility index (Phi) is 3.88. The Hall–Kier alpha value is -2.04. The van der Waals surface area contributed by atoms with Gasteiger partial charge in [-0.15, -0.1) is 6.58 Å². The van der Waals surface area contributed by atoms with Gasteiger partial charge < -0.3 is 14.8 Å². The summed E-state index contributed by atoms with van der Waals surface area (Å²) in [6, 6.07) is 2.16. The standard InChI is InChI=1S/C11H13NO4/c1-3-4-8(11(14)15)12-10(13)9-6-5-7(2)16-9/h3,5-6,8H,1,4H2,2H3,(H,12,13)(H,14,15). The van der Waals surface area contributed by atoms with Crippen LogP contribution in [0.2, 0.25) is 0 Å². The summed E-state index contributed by atoms with van der Waals surface area (Å²) in [6.07, 6.45) is 1.60. The number of amides is 1. The Morgan fingerprint density at radius 1 is 1.62 bits per heavy atom. The number of carboxylic acid groups (broad SMARTS) is 1. The maximum atomic E-state index is 11.5. The number of hydrogen-bond acceptors (Lipinski definition) is 3. The van der Waals surface area contributed by atoms with Crippen molar-refractivity contribution in [2.75, 3.05) is 0 Å². The lowest BCUT2D eigenvalue weighted by atomic mass is 10.2. The summed E-state index contributed by atoms with van der Waals surface area (Å²) < 4.78 is 5.07. The first-order valence-electron chi connectivity index (χ1n) is 4.75. The van der Waals surface area contributed by atoms with Crippen LogP contribution in [0.5, 0.6) is 0 Å². The molecule has 86 valence electrons. The molecule has 0 fully saturated rings. The van der Waals surface area contributed by atoms with Gasteiger partial charge in [-0.2, -0.15) is 0 Å². The molecule has 1 atom stereocenters. The Morgan fingerprint density at radius 2 is 2.31 bits per heavy atom. The second-order valence-corrected chi connectivity index (χ2v) is 3.30. The van der Waals surface area contributed by atoms with Gasteiger partial charge in [0, 0.05) is 0 Å². The number of carboxylic acids is 1. The molecule has 0 aliphatic rings. The summed E-state index contributed by atoms with van der Waals surface area (Å²) in [4.78, 5) is 22.3. The minimum absolute atomic E-state index is 0.104. The smallest absolute Gasteiger partial charge is 0.326 e. The van der Waals surface area contributed by atoms with Crippen LogP contribution in [0.4, 0.5) is 0 Å². The molecule has 0 bridgehead atoms. The first-order chi connectivity index (χ1) is 7.54. The summed E-state index contributed by atoms with van der Waals surface area (Å²) in [5.41, 5.74) is 0. The lowest BCUT2D eigenvalue weighted by Gasteiger charge is -2.10. The molecule has 1 heterocycles. The predicted octanol–water partition coefficient (Wildman–Crippen LogP) is 1.35. The number of furan rings is 1. The maximum absolute atomic E-state index is 11.5. The van der Waals surface area contributed by atoms with Crippen LogP contribution in [0.1, 0.15) is 22.7 Å². The first kappa shape index (κ1) is 12.0. The molecule has 1 amide bonds. The van der Waals surface area contributed by atoms with Gasteiger partial charge in [0.1, 0.15) is 11.8 Å². The van der Waals surface area contributed by atoms with Crippen LogP contribution >= 0.6 is 0 Å². The zero-order valence-electron chi connectivity index (χ0n) is 8.90. The topological polar surface area (TPSA) is 79.5 Å². The third-order valence-electron chi connectivity index (χ3n) is 1.97. The fraction of sp³-hybridized carbons (Fsp3) is 0.273. The van der Waals surface area contributed by atoms with Gasteiger partial charge in [0.15, 0.2) is 5.76 Å². The van der Waals surface area contributed by atoms with Crippen molar-refractivity contribution in [3.8, 4) is 0 Å². The maximum Gasteiger partial charge on any atom is 0.326 e. The highest BCUT2D eigenvalue weighted by atomic mass is 16.4. The SMILES string of the molecule is C=CCC(NC(=O)c1ccc(C)o1)C(=O)O.